The Bertz CT molecular complexity index is 997. The summed E-state index contributed by atoms with van der Waals surface area (Å²) in [6.45, 7) is 0. The predicted molar refractivity (Wildman–Crippen MR) is 105 cm³/mol. The molecule has 0 bridgehead atoms. The number of rotatable bonds is 1. The maximum Gasteiger partial charge on any atom is 0.0603 e. The Morgan fingerprint density at radius 1 is 0.727 bits per heavy atom. The summed E-state index contributed by atoms with van der Waals surface area (Å²) in [4.78, 5) is 0. The Kier molecular flexibility index (Phi) is 3.48. The lowest BCUT2D eigenvalue weighted by Crippen LogP contribution is -1.89. The molecule has 0 fully saturated rings. The van der Waals surface area contributed by atoms with Gasteiger partial charge in [0.25, 0.3) is 0 Å². The molecular weight excluding hydrogens is 422 g/mol. The van der Waals surface area contributed by atoms with Gasteiger partial charge >= 0.3 is 0 Å². The van der Waals surface area contributed by atoms with Crippen LogP contribution in [0.15, 0.2) is 63.5 Å². The average Bonchev–Trinajstić information content (AvgIpc) is 2.90. The van der Waals surface area contributed by atoms with E-state index in [0.717, 1.165) is 20.2 Å². The van der Waals surface area contributed by atoms with Crippen LogP contribution in [0.4, 0.5) is 5.69 Å². The van der Waals surface area contributed by atoms with Gasteiger partial charge in [-0.3, -0.25) is 0 Å². The van der Waals surface area contributed by atoms with Crippen molar-refractivity contribution in [2.75, 3.05) is 5.73 Å². The van der Waals surface area contributed by atoms with Crippen molar-refractivity contribution in [3.05, 3.63) is 63.5 Å². The van der Waals surface area contributed by atoms with Gasteiger partial charge in [0.05, 0.1) is 5.69 Å². The van der Waals surface area contributed by atoms with Crippen LogP contribution in [0.1, 0.15) is 0 Å². The predicted octanol–water partition coefficient (Wildman–Crippen LogP) is 6.83. The van der Waals surface area contributed by atoms with Crippen LogP contribution in [0.5, 0.6) is 0 Å². The van der Waals surface area contributed by atoms with E-state index in [-0.39, 0.29) is 0 Å². The van der Waals surface area contributed by atoms with Gasteiger partial charge in [0.15, 0.2) is 0 Å². The maximum atomic E-state index is 5.99. The highest BCUT2D eigenvalue weighted by molar-refractivity contribution is 9.11. The molecule has 1 heterocycles. The minimum Gasteiger partial charge on any atom is -0.397 e. The highest BCUT2D eigenvalue weighted by Crippen LogP contribution is 2.38. The number of hydrogen-bond acceptors (Lipinski definition) is 2. The lowest BCUT2D eigenvalue weighted by Gasteiger charge is -2.07. The molecule has 4 aromatic rings. The normalized spacial score (nSPS) is 11.4. The number of nitrogen functional groups attached to an aromatic ring is 1. The molecule has 22 heavy (non-hydrogen) atoms. The third kappa shape index (κ3) is 2.26. The van der Waals surface area contributed by atoms with Crippen LogP contribution >= 0.6 is 43.2 Å². The van der Waals surface area contributed by atoms with Crippen LogP contribution < -0.4 is 5.73 Å². The molecule has 0 unspecified atom stereocenters. The van der Waals surface area contributed by atoms with Crippen LogP contribution in [0.3, 0.4) is 0 Å². The second-order valence-corrected chi connectivity index (χ2v) is 7.96. The number of fused-ring (bicyclic) bond motifs is 3. The number of benzene rings is 3. The van der Waals surface area contributed by atoms with Gasteiger partial charge in [-0.25, -0.2) is 0 Å². The molecular formula is C18H11Br2NS. The zero-order valence-electron chi connectivity index (χ0n) is 11.4. The van der Waals surface area contributed by atoms with Crippen LogP contribution in [0, 0.1) is 0 Å². The first kappa shape index (κ1) is 14.2. The van der Waals surface area contributed by atoms with Gasteiger partial charge in [-0.15, -0.1) is 11.3 Å². The van der Waals surface area contributed by atoms with Gasteiger partial charge in [-0.1, -0.05) is 24.3 Å². The van der Waals surface area contributed by atoms with Crippen LogP contribution in [0.2, 0.25) is 0 Å². The van der Waals surface area contributed by atoms with Crippen molar-refractivity contribution >= 4 is 69.1 Å². The quantitative estimate of drug-likeness (QED) is 0.327. The summed E-state index contributed by atoms with van der Waals surface area (Å²) in [7, 11) is 0. The Balaban J connectivity index is 1.98. The number of halogens is 2. The molecule has 2 N–H and O–H groups in total. The molecule has 0 radical (unpaired) electrons. The van der Waals surface area contributed by atoms with Crippen molar-refractivity contribution in [1.29, 1.82) is 0 Å². The molecule has 1 aromatic heterocycles. The molecule has 0 aliphatic heterocycles. The fourth-order valence-corrected chi connectivity index (χ4v) is 4.93. The van der Waals surface area contributed by atoms with Gasteiger partial charge < -0.3 is 5.73 Å². The van der Waals surface area contributed by atoms with Crippen molar-refractivity contribution in [3.8, 4) is 11.1 Å². The van der Waals surface area contributed by atoms with Crippen molar-refractivity contribution in [1.82, 2.24) is 0 Å². The van der Waals surface area contributed by atoms with Gasteiger partial charge in [-0.05, 0) is 73.3 Å². The van der Waals surface area contributed by atoms with Gasteiger partial charge in [0, 0.05) is 29.1 Å². The zero-order chi connectivity index (χ0) is 15.3. The van der Waals surface area contributed by atoms with Crippen molar-refractivity contribution in [2.24, 2.45) is 0 Å². The molecule has 4 rings (SSSR count). The number of thiophene rings is 1. The van der Waals surface area contributed by atoms with E-state index in [9.17, 15) is 0 Å². The van der Waals surface area contributed by atoms with E-state index in [4.69, 9.17) is 5.73 Å². The molecule has 108 valence electrons. The fourth-order valence-electron chi connectivity index (χ4n) is 2.66. The zero-order valence-corrected chi connectivity index (χ0v) is 15.4. The average molecular weight is 433 g/mol. The molecule has 1 nitrogen and oxygen atoms in total. The summed E-state index contributed by atoms with van der Waals surface area (Å²) in [6, 6.07) is 19.3. The standard InChI is InChI=1S/C18H11Br2NS/c19-14-8-11(9-15(20)18(14)21)10-5-6-17-13(7-10)12-3-1-2-4-16(12)22-17/h1-9H,21H2. The lowest BCUT2D eigenvalue weighted by atomic mass is 10.0. The van der Waals surface area contributed by atoms with E-state index in [1.165, 1.54) is 25.7 Å². The molecule has 0 atom stereocenters. The van der Waals surface area contributed by atoms with E-state index < -0.39 is 0 Å². The van der Waals surface area contributed by atoms with Crippen LogP contribution in [0.25, 0.3) is 31.3 Å². The van der Waals surface area contributed by atoms with E-state index in [0.29, 0.717) is 0 Å². The summed E-state index contributed by atoms with van der Waals surface area (Å²) in [5.74, 6) is 0. The smallest absolute Gasteiger partial charge is 0.0603 e. The monoisotopic (exact) mass is 431 g/mol. The molecule has 0 aliphatic carbocycles. The molecule has 0 amide bonds. The summed E-state index contributed by atoms with van der Waals surface area (Å²) >= 11 is 8.88. The second-order valence-electron chi connectivity index (χ2n) is 5.16. The van der Waals surface area contributed by atoms with E-state index >= 15 is 0 Å². The number of nitrogens with two attached hydrogens (primary N) is 1. The number of anilines is 1. The Hall–Kier alpha value is -1.36. The summed E-state index contributed by atoms with van der Waals surface area (Å²) < 4.78 is 4.46. The molecule has 0 aliphatic rings. The van der Waals surface area contributed by atoms with Gasteiger partial charge in [0.1, 0.15) is 0 Å². The molecule has 0 saturated heterocycles. The van der Waals surface area contributed by atoms with E-state index in [1.807, 2.05) is 11.3 Å². The lowest BCUT2D eigenvalue weighted by molar-refractivity contribution is 1.57. The number of hydrogen-bond donors (Lipinski definition) is 1. The molecule has 3 aromatic carbocycles. The van der Waals surface area contributed by atoms with Crippen molar-refractivity contribution < 1.29 is 0 Å². The molecule has 4 heteroatoms. The largest absolute Gasteiger partial charge is 0.397 e. The van der Waals surface area contributed by atoms with E-state index in [2.05, 4.69) is 86.5 Å². The SMILES string of the molecule is Nc1c(Br)cc(-c2ccc3sc4ccccc4c3c2)cc1Br. The highest BCUT2D eigenvalue weighted by atomic mass is 79.9. The first-order valence-corrected chi connectivity index (χ1v) is 9.20. The van der Waals surface area contributed by atoms with Crippen LogP contribution in [-0.2, 0) is 0 Å². The fraction of sp³-hybridized carbons (Fsp3) is 0. The minimum atomic E-state index is 0.728. The van der Waals surface area contributed by atoms with E-state index in [1.54, 1.807) is 0 Å². The third-order valence-electron chi connectivity index (χ3n) is 3.79. The maximum absolute atomic E-state index is 5.99. The summed E-state index contributed by atoms with van der Waals surface area (Å²) in [5.41, 5.74) is 9.05. The Morgan fingerprint density at radius 2 is 1.41 bits per heavy atom. The topological polar surface area (TPSA) is 26.0 Å². The van der Waals surface area contributed by atoms with Crippen molar-refractivity contribution in [3.63, 3.8) is 0 Å². The Labute approximate surface area is 149 Å². The van der Waals surface area contributed by atoms with Gasteiger partial charge in [-0.2, -0.15) is 0 Å². The summed E-state index contributed by atoms with van der Waals surface area (Å²) in [6.07, 6.45) is 0. The van der Waals surface area contributed by atoms with Crippen LogP contribution in [-0.4, -0.2) is 0 Å². The molecule has 0 saturated carbocycles. The second kappa shape index (κ2) is 5.37. The third-order valence-corrected chi connectivity index (χ3v) is 6.25. The molecule has 0 spiro atoms. The highest BCUT2D eigenvalue weighted by Gasteiger charge is 2.09. The van der Waals surface area contributed by atoms with Gasteiger partial charge in [0.2, 0.25) is 0 Å². The minimum absolute atomic E-state index is 0.728. The Morgan fingerprint density at radius 3 is 2.18 bits per heavy atom. The first-order valence-electron chi connectivity index (χ1n) is 6.79. The first-order chi connectivity index (χ1) is 10.6. The van der Waals surface area contributed by atoms with Crippen molar-refractivity contribution in [2.45, 2.75) is 0 Å². The summed E-state index contributed by atoms with van der Waals surface area (Å²) in [5, 5.41) is 2.63.